The van der Waals surface area contributed by atoms with Crippen LogP contribution in [0.4, 0.5) is 0 Å². The van der Waals surface area contributed by atoms with Crippen LogP contribution in [0.15, 0.2) is 22.8 Å². The zero-order valence-corrected chi connectivity index (χ0v) is 11.7. The van der Waals surface area contributed by atoms with Gasteiger partial charge in [0.1, 0.15) is 5.65 Å². The van der Waals surface area contributed by atoms with Crippen LogP contribution in [0.1, 0.15) is 25.2 Å². The van der Waals surface area contributed by atoms with E-state index in [1.807, 2.05) is 6.07 Å². The van der Waals surface area contributed by atoms with Gasteiger partial charge in [0, 0.05) is 36.2 Å². The maximum absolute atomic E-state index is 4.70. The molecular formula is C13H16BrN3. The first kappa shape index (κ1) is 11.2. The molecule has 0 N–H and O–H groups in total. The van der Waals surface area contributed by atoms with E-state index in [1.165, 1.54) is 11.4 Å². The topological polar surface area (TPSA) is 20.5 Å². The molecule has 17 heavy (non-hydrogen) atoms. The monoisotopic (exact) mass is 293 g/mol. The number of halogens is 1. The highest BCUT2D eigenvalue weighted by molar-refractivity contribution is 9.10. The highest BCUT2D eigenvalue weighted by atomic mass is 79.9. The van der Waals surface area contributed by atoms with E-state index >= 15 is 0 Å². The SMILES string of the molecule is CC(C)N1CCc2nc3ccc(Br)cn3c2C1. The molecule has 1 aliphatic rings. The molecule has 1 aliphatic heterocycles. The fourth-order valence-corrected chi connectivity index (χ4v) is 2.78. The maximum atomic E-state index is 4.70. The molecular weight excluding hydrogens is 278 g/mol. The Bertz CT molecular complexity index is 559. The third-order valence-corrected chi connectivity index (χ3v) is 3.95. The van der Waals surface area contributed by atoms with Gasteiger partial charge in [-0.25, -0.2) is 4.98 Å². The van der Waals surface area contributed by atoms with Crippen molar-refractivity contribution >= 4 is 21.6 Å². The molecule has 3 nitrogen and oxygen atoms in total. The van der Waals surface area contributed by atoms with Gasteiger partial charge in [0.2, 0.25) is 0 Å². The molecule has 0 aliphatic carbocycles. The standard InChI is InChI=1S/C13H16BrN3/c1-9(2)16-6-5-11-12(8-16)17-7-10(14)3-4-13(17)15-11/h3-4,7,9H,5-6,8H2,1-2H3. The van der Waals surface area contributed by atoms with E-state index in [1.54, 1.807) is 0 Å². The van der Waals surface area contributed by atoms with Gasteiger partial charge in [-0.05, 0) is 41.9 Å². The number of hydrogen-bond donors (Lipinski definition) is 0. The van der Waals surface area contributed by atoms with Crippen molar-refractivity contribution in [3.8, 4) is 0 Å². The fourth-order valence-electron chi connectivity index (χ4n) is 2.45. The lowest BCUT2D eigenvalue weighted by Crippen LogP contribution is -2.36. The van der Waals surface area contributed by atoms with Crippen LogP contribution in [0.5, 0.6) is 0 Å². The van der Waals surface area contributed by atoms with E-state index in [0.717, 1.165) is 29.6 Å². The summed E-state index contributed by atoms with van der Waals surface area (Å²) in [5.74, 6) is 0. The zero-order chi connectivity index (χ0) is 12.0. The van der Waals surface area contributed by atoms with Gasteiger partial charge in [0.15, 0.2) is 0 Å². The minimum absolute atomic E-state index is 0.598. The molecule has 3 heterocycles. The zero-order valence-electron chi connectivity index (χ0n) is 10.2. The van der Waals surface area contributed by atoms with E-state index in [4.69, 9.17) is 4.98 Å². The number of hydrogen-bond acceptors (Lipinski definition) is 2. The average molecular weight is 294 g/mol. The summed E-state index contributed by atoms with van der Waals surface area (Å²) in [6, 6.07) is 4.72. The average Bonchev–Trinajstić information content (AvgIpc) is 2.66. The van der Waals surface area contributed by atoms with Crippen molar-refractivity contribution in [2.75, 3.05) is 6.54 Å². The van der Waals surface area contributed by atoms with E-state index in [2.05, 4.69) is 51.3 Å². The number of imidazole rings is 1. The van der Waals surface area contributed by atoms with Crippen LogP contribution in [0.25, 0.3) is 5.65 Å². The van der Waals surface area contributed by atoms with Gasteiger partial charge in [0.25, 0.3) is 0 Å². The van der Waals surface area contributed by atoms with Gasteiger partial charge >= 0.3 is 0 Å². The van der Waals surface area contributed by atoms with Gasteiger partial charge < -0.3 is 4.40 Å². The normalized spacial score (nSPS) is 16.7. The van der Waals surface area contributed by atoms with Crippen LogP contribution in [-0.4, -0.2) is 26.9 Å². The second kappa shape index (κ2) is 4.10. The highest BCUT2D eigenvalue weighted by Crippen LogP contribution is 2.23. The van der Waals surface area contributed by atoms with Gasteiger partial charge in [-0.3, -0.25) is 4.90 Å². The molecule has 0 saturated heterocycles. The molecule has 0 radical (unpaired) electrons. The molecule has 0 amide bonds. The quantitative estimate of drug-likeness (QED) is 0.806. The van der Waals surface area contributed by atoms with E-state index < -0.39 is 0 Å². The van der Waals surface area contributed by atoms with E-state index in [9.17, 15) is 0 Å². The van der Waals surface area contributed by atoms with Crippen molar-refractivity contribution in [1.82, 2.24) is 14.3 Å². The molecule has 3 rings (SSSR count). The Morgan fingerprint density at radius 2 is 2.18 bits per heavy atom. The molecule has 0 spiro atoms. The lowest BCUT2D eigenvalue weighted by atomic mass is 10.1. The summed E-state index contributed by atoms with van der Waals surface area (Å²) < 4.78 is 3.32. The van der Waals surface area contributed by atoms with Crippen molar-refractivity contribution in [3.05, 3.63) is 34.2 Å². The summed E-state index contributed by atoms with van der Waals surface area (Å²) in [4.78, 5) is 7.20. The van der Waals surface area contributed by atoms with Gasteiger partial charge in [-0.1, -0.05) is 0 Å². The summed E-state index contributed by atoms with van der Waals surface area (Å²) in [5.41, 5.74) is 3.67. The van der Waals surface area contributed by atoms with Crippen LogP contribution in [0.3, 0.4) is 0 Å². The van der Waals surface area contributed by atoms with Crippen LogP contribution in [0.2, 0.25) is 0 Å². The third-order valence-electron chi connectivity index (χ3n) is 3.48. The Balaban J connectivity index is 2.10. The second-order valence-electron chi connectivity index (χ2n) is 4.89. The smallest absolute Gasteiger partial charge is 0.137 e. The van der Waals surface area contributed by atoms with Crippen LogP contribution in [-0.2, 0) is 13.0 Å². The van der Waals surface area contributed by atoms with Crippen molar-refractivity contribution in [3.63, 3.8) is 0 Å². The number of pyridine rings is 1. The first-order valence-electron chi connectivity index (χ1n) is 6.04. The first-order chi connectivity index (χ1) is 8.15. The highest BCUT2D eigenvalue weighted by Gasteiger charge is 2.22. The van der Waals surface area contributed by atoms with E-state index in [-0.39, 0.29) is 0 Å². The molecule has 0 fully saturated rings. The van der Waals surface area contributed by atoms with Crippen LogP contribution >= 0.6 is 15.9 Å². The number of aromatic nitrogens is 2. The Kier molecular flexibility index (Phi) is 2.71. The molecule has 2 aromatic rings. The lowest BCUT2D eigenvalue weighted by Gasteiger charge is -2.29. The predicted octanol–water partition coefficient (Wildman–Crippen LogP) is 2.86. The fraction of sp³-hybridized carbons (Fsp3) is 0.462. The van der Waals surface area contributed by atoms with Crippen LogP contribution < -0.4 is 0 Å². The third kappa shape index (κ3) is 1.89. The number of nitrogens with zero attached hydrogens (tertiary/aromatic N) is 3. The van der Waals surface area contributed by atoms with Gasteiger partial charge in [-0.15, -0.1) is 0 Å². The predicted molar refractivity (Wildman–Crippen MR) is 72.1 cm³/mol. The first-order valence-corrected chi connectivity index (χ1v) is 6.84. The van der Waals surface area contributed by atoms with Crippen molar-refractivity contribution in [2.24, 2.45) is 0 Å². The van der Waals surface area contributed by atoms with Gasteiger partial charge in [0.05, 0.1) is 11.4 Å². The molecule has 0 saturated carbocycles. The number of fused-ring (bicyclic) bond motifs is 3. The van der Waals surface area contributed by atoms with Crippen LogP contribution in [0, 0.1) is 0 Å². The molecule has 90 valence electrons. The summed E-state index contributed by atoms with van der Waals surface area (Å²) in [5, 5.41) is 0. The molecule has 0 aromatic carbocycles. The van der Waals surface area contributed by atoms with Crippen molar-refractivity contribution < 1.29 is 0 Å². The summed E-state index contributed by atoms with van der Waals surface area (Å²) >= 11 is 3.53. The molecule has 0 unspecified atom stereocenters. The van der Waals surface area contributed by atoms with E-state index in [0.29, 0.717) is 6.04 Å². The Morgan fingerprint density at radius 3 is 2.94 bits per heavy atom. The summed E-state index contributed by atoms with van der Waals surface area (Å²) in [7, 11) is 0. The Labute approximate surface area is 110 Å². The molecule has 0 bridgehead atoms. The molecule has 2 aromatic heterocycles. The summed E-state index contributed by atoms with van der Waals surface area (Å²) in [6.07, 6.45) is 3.18. The minimum Gasteiger partial charge on any atom is -0.301 e. The molecule has 0 atom stereocenters. The summed E-state index contributed by atoms with van der Waals surface area (Å²) in [6.45, 7) is 6.63. The second-order valence-corrected chi connectivity index (χ2v) is 5.81. The Morgan fingerprint density at radius 1 is 1.35 bits per heavy atom. The number of rotatable bonds is 1. The Hall–Kier alpha value is -0.870. The van der Waals surface area contributed by atoms with Crippen molar-refractivity contribution in [1.29, 1.82) is 0 Å². The minimum atomic E-state index is 0.598. The maximum Gasteiger partial charge on any atom is 0.137 e. The van der Waals surface area contributed by atoms with Crippen molar-refractivity contribution in [2.45, 2.75) is 32.9 Å². The van der Waals surface area contributed by atoms with Gasteiger partial charge in [-0.2, -0.15) is 0 Å². The molecule has 4 heteroatoms. The largest absolute Gasteiger partial charge is 0.301 e. The lowest BCUT2D eigenvalue weighted by molar-refractivity contribution is 0.199.